The van der Waals surface area contributed by atoms with Gasteiger partial charge >= 0.3 is 6.18 Å². The summed E-state index contributed by atoms with van der Waals surface area (Å²) in [4.78, 5) is 23.1. The van der Waals surface area contributed by atoms with E-state index in [-0.39, 0.29) is 11.5 Å². The predicted molar refractivity (Wildman–Crippen MR) is 129 cm³/mol. The van der Waals surface area contributed by atoms with Crippen LogP contribution in [0, 0.1) is 6.92 Å². The minimum Gasteiger partial charge on any atom is -0.378 e. The molecule has 184 valence electrons. The first-order chi connectivity index (χ1) is 16.6. The molecule has 0 bridgehead atoms. The van der Waals surface area contributed by atoms with Gasteiger partial charge in [0.15, 0.2) is 0 Å². The molecule has 6 nitrogen and oxygen atoms in total. The minimum absolute atomic E-state index is 0.116. The van der Waals surface area contributed by atoms with Crippen molar-refractivity contribution in [2.24, 2.45) is 0 Å². The van der Waals surface area contributed by atoms with Crippen LogP contribution in [-0.4, -0.2) is 42.2 Å². The lowest BCUT2D eigenvalue weighted by molar-refractivity contribution is -0.141. The number of aryl methyl sites for hydroxylation is 1. The van der Waals surface area contributed by atoms with Crippen LogP contribution in [0.1, 0.15) is 47.1 Å². The summed E-state index contributed by atoms with van der Waals surface area (Å²) in [6, 6.07) is 11.5. The second-order valence-electron chi connectivity index (χ2n) is 8.80. The molecule has 0 unspecified atom stereocenters. The zero-order valence-corrected chi connectivity index (χ0v) is 19.8. The molecule has 1 aliphatic heterocycles. The Morgan fingerprint density at radius 2 is 1.83 bits per heavy atom. The Bertz CT molecular complexity index is 1220. The van der Waals surface area contributed by atoms with E-state index < -0.39 is 17.8 Å². The molecular weight excluding hydrogens is 457 g/mol. The molecule has 0 radical (unpaired) electrons. The van der Waals surface area contributed by atoms with E-state index in [1.165, 1.54) is 6.07 Å². The predicted octanol–water partition coefficient (Wildman–Crippen LogP) is 5.68. The number of pyridine rings is 2. The Hall–Kier alpha value is -3.46. The third kappa shape index (κ3) is 5.79. The minimum atomic E-state index is -4.62. The molecule has 9 heteroatoms. The summed E-state index contributed by atoms with van der Waals surface area (Å²) in [5, 5.41) is 2.71. The van der Waals surface area contributed by atoms with Gasteiger partial charge in [-0.15, -0.1) is 0 Å². The Labute approximate surface area is 202 Å². The van der Waals surface area contributed by atoms with Gasteiger partial charge in [0.2, 0.25) is 0 Å². The van der Waals surface area contributed by atoms with Crippen LogP contribution in [0.2, 0.25) is 0 Å². The van der Waals surface area contributed by atoms with Crippen LogP contribution in [0.25, 0.3) is 11.1 Å². The maximum atomic E-state index is 13.0. The molecule has 0 spiro atoms. The standard InChI is InChI=1S/C26H27F3N4O2/c1-16(2)22-12-19(14-24(32-22)33-8-10-35-11-9-33)21-15-20(5-4-17(21)3)31-25(34)18-6-7-30-23(13-18)26(27,28)29/h4-7,12-16H,8-11H2,1-3H3,(H,31,34). The lowest BCUT2D eigenvalue weighted by Crippen LogP contribution is -2.36. The zero-order valence-electron chi connectivity index (χ0n) is 19.8. The second-order valence-corrected chi connectivity index (χ2v) is 8.80. The highest BCUT2D eigenvalue weighted by molar-refractivity contribution is 6.04. The van der Waals surface area contributed by atoms with Crippen LogP contribution < -0.4 is 10.2 Å². The number of ether oxygens (including phenoxy) is 1. The van der Waals surface area contributed by atoms with Gasteiger partial charge in [0.25, 0.3) is 5.91 Å². The SMILES string of the molecule is Cc1ccc(NC(=O)c2ccnc(C(F)(F)F)c2)cc1-c1cc(C(C)C)nc(N2CCOCC2)c1. The quantitative estimate of drug-likeness (QED) is 0.505. The summed E-state index contributed by atoms with van der Waals surface area (Å²) in [6.07, 6.45) is -3.64. The molecule has 1 fully saturated rings. The van der Waals surface area contributed by atoms with Gasteiger partial charge in [-0.25, -0.2) is 4.98 Å². The first-order valence-corrected chi connectivity index (χ1v) is 11.4. The number of carbonyl (C=O) groups excluding carboxylic acids is 1. The van der Waals surface area contributed by atoms with Crippen molar-refractivity contribution in [1.29, 1.82) is 0 Å². The number of anilines is 2. The number of rotatable bonds is 5. The summed E-state index contributed by atoms with van der Waals surface area (Å²) in [6.45, 7) is 8.96. The lowest BCUT2D eigenvalue weighted by Gasteiger charge is -2.29. The fourth-order valence-electron chi connectivity index (χ4n) is 3.88. The highest BCUT2D eigenvalue weighted by atomic mass is 19.4. The molecule has 1 aliphatic rings. The summed E-state index contributed by atoms with van der Waals surface area (Å²) < 4.78 is 44.4. The van der Waals surface area contributed by atoms with Crippen molar-refractivity contribution >= 4 is 17.4 Å². The van der Waals surface area contributed by atoms with Gasteiger partial charge in [0.1, 0.15) is 11.5 Å². The Kier molecular flexibility index (Phi) is 7.07. The molecule has 3 heterocycles. The molecule has 3 aromatic rings. The van der Waals surface area contributed by atoms with Gasteiger partial charge < -0.3 is 15.0 Å². The molecule has 0 saturated carbocycles. The first kappa shape index (κ1) is 24.7. The topological polar surface area (TPSA) is 67.4 Å². The van der Waals surface area contributed by atoms with Gasteiger partial charge in [-0.1, -0.05) is 19.9 Å². The zero-order chi connectivity index (χ0) is 25.2. The van der Waals surface area contributed by atoms with E-state index in [9.17, 15) is 18.0 Å². The summed E-state index contributed by atoms with van der Waals surface area (Å²) in [5.74, 6) is 0.451. The average Bonchev–Trinajstić information content (AvgIpc) is 2.85. The van der Waals surface area contributed by atoms with Gasteiger partial charge in [0.05, 0.1) is 13.2 Å². The van der Waals surface area contributed by atoms with Gasteiger partial charge in [-0.3, -0.25) is 9.78 Å². The molecule has 2 aromatic heterocycles. The van der Waals surface area contributed by atoms with Crippen molar-refractivity contribution < 1.29 is 22.7 Å². The van der Waals surface area contributed by atoms with Crippen molar-refractivity contribution in [3.63, 3.8) is 0 Å². The number of carbonyl (C=O) groups is 1. The van der Waals surface area contributed by atoms with E-state index in [1.54, 1.807) is 6.07 Å². The fourth-order valence-corrected chi connectivity index (χ4v) is 3.88. The number of hydrogen-bond acceptors (Lipinski definition) is 5. The number of hydrogen-bond donors (Lipinski definition) is 1. The number of nitrogens with one attached hydrogen (secondary N) is 1. The van der Waals surface area contributed by atoms with Crippen molar-refractivity contribution in [3.05, 3.63) is 71.2 Å². The molecular formula is C26H27F3N4O2. The van der Waals surface area contributed by atoms with Crippen molar-refractivity contribution in [2.45, 2.75) is 32.9 Å². The number of benzene rings is 1. The molecule has 1 saturated heterocycles. The molecule has 4 rings (SSSR count). The molecule has 35 heavy (non-hydrogen) atoms. The van der Waals surface area contributed by atoms with Crippen molar-refractivity contribution in [2.75, 3.05) is 36.5 Å². The van der Waals surface area contributed by atoms with Crippen LogP contribution in [0.5, 0.6) is 0 Å². The number of halogens is 3. The molecule has 1 N–H and O–H groups in total. The summed E-state index contributed by atoms with van der Waals surface area (Å²) >= 11 is 0. The van der Waals surface area contributed by atoms with E-state index in [1.807, 2.05) is 31.2 Å². The van der Waals surface area contributed by atoms with Gasteiger partial charge in [-0.2, -0.15) is 13.2 Å². The lowest BCUT2D eigenvalue weighted by atomic mass is 9.97. The molecule has 0 aliphatic carbocycles. The Morgan fingerprint density at radius 1 is 1.09 bits per heavy atom. The summed E-state index contributed by atoms with van der Waals surface area (Å²) in [5.41, 5.74) is 3.08. The maximum Gasteiger partial charge on any atom is 0.433 e. The van der Waals surface area contributed by atoms with E-state index in [4.69, 9.17) is 9.72 Å². The Balaban J connectivity index is 1.66. The number of nitrogens with zero attached hydrogens (tertiary/aromatic N) is 3. The number of aromatic nitrogens is 2. The third-order valence-electron chi connectivity index (χ3n) is 5.88. The van der Waals surface area contributed by atoms with Crippen LogP contribution in [0.15, 0.2) is 48.7 Å². The molecule has 1 aromatic carbocycles. The maximum absolute atomic E-state index is 13.0. The number of alkyl halides is 3. The van der Waals surface area contributed by atoms with Crippen LogP contribution in [0.3, 0.4) is 0 Å². The smallest absolute Gasteiger partial charge is 0.378 e. The Morgan fingerprint density at radius 3 is 2.51 bits per heavy atom. The second kappa shape index (κ2) is 10.0. The highest BCUT2D eigenvalue weighted by Crippen LogP contribution is 2.32. The van der Waals surface area contributed by atoms with Gasteiger partial charge in [-0.05, 0) is 65.9 Å². The molecule has 1 amide bonds. The van der Waals surface area contributed by atoms with E-state index in [0.717, 1.165) is 53.6 Å². The average molecular weight is 485 g/mol. The van der Waals surface area contributed by atoms with Crippen molar-refractivity contribution in [1.82, 2.24) is 9.97 Å². The largest absolute Gasteiger partial charge is 0.433 e. The van der Waals surface area contributed by atoms with Crippen LogP contribution in [-0.2, 0) is 10.9 Å². The van der Waals surface area contributed by atoms with Gasteiger partial charge in [0, 0.05) is 36.2 Å². The fraction of sp³-hybridized carbons (Fsp3) is 0.346. The number of morpholine rings is 1. The summed E-state index contributed by atoms with van der Waals surface area (Å²) in [7, 11) is 0. The van der Waals surface area contributed by atoms with E-state index >= 15 is 0 Å². The number of amides is 1. The monoisotopic (exact) mass is 484 g/mol. The van der Waals surface area contributed by atoms with Crippen LogP contribution >= 0.6 is 0 Å². The highest BCUT2D eigenvalue weighted by Gasteiger charge is 2.33. The van der Waals surface area contributed by atoms with E-state index in [2.05, 4.69) is 29.0 Å². The first-order valence-electron chi connectivity index (χ1n) is 11.4. The van der Waals surface area contributed by atoms with Crippen LogP contribution in [0.4, 0.5) is 24.7 Å². The third-order valence-corrected chi connectivity index (χ3v) is 5.88. The van der Waals surface area contributed by atoms with E-state index in [0.29, 0.717) is 18.9 Å². The normalized spacial score (nSPS) is 14.3. The van der Waals surface area contributed by atoms with Crippen molar-refractivity contribution in [3.8, 4) is 11.1 Å². The molecule has 0 atom stereocenters.